The zero-order valence-electron chi connectivity index (χ0n) is 13.1. The van der Waals surface area contributed by atoms with E-state index in [4.69, 9.17) is 4.74 Å². The quantitative estimate of drug-likeness (QED) is 0.854. The summed E-state index contributed by atoms with van der Waals surface area (Å²) in [7, 11) is 3.36. The summed E-state index contributed by atoms with van der Waals surface area (Å²) in [5.41, 5.74) is 0.693. The first-order valence-corrected chi connectivity index (χ1v) is 7.51. The predicted molar refractivity (Wildman–Crippen MR) is 84.9 cm³/mol. The van der Waals surface area contributed by atoms with Crippen molar-refractivity contribution in [2.45, 2.75) is 12.8 Å². The second-order valence-corrected chi connectivity index (χ2v) is 5.62. The van der Waals surface area contributed by atoms with Crippen LogP contribution in [0.3, 0.4) is 0 Å². The van der Waals surface area contributed by atoms with E-state index in [1.54, 1.807) is 32.3 Å². The third-order valence-electron chi connectivity index (χ3n) is 3.67. The molecule has 120 valence electrons. The van der Waals surface area contributed by atoms with Crippen LogP contribution in [0, 0.1) is 5.92 Å². The molecule has 1 aliphatic heterocycles. The minimum absolute atomic E-state index is 0.0152. The molecule has 6 nitrogen and oxygen atoms in total. The summed E-state index contributed by atoms with van der Waals surface area (Å²) in [4.78, 5) is 25.2. The average Bonchev–Trinajstić information content (AvgIpc) is 2.53. The Bertz CT molecular complexity index is 525. The summed E-state index contributed by atoms with van der Waals surface area (Å²) in [6, 6.07) is 7.12. The molecule has 0 aliphatic carbocycles. The van der Waals surface area contributed by atoms with E-state index >= 15 is 0 Å². The second-order valence-electron chi connectivity index (χ2n) is 5.62. The van der Waals surface area contributed by atoms with Crippen LogP contribution in [0.2, 0.25) is 0 Å². The van der Waals surface area contributed by atoms with Crippen LogP contribution in [0.25, 0.3) is 0 Å². The van der Waals surface area contributed by atoms with Gasteiger partial charge in [-0.3, -0.25) is 9.59 Å². The molecular weight excluding hydrogens is 282 g/mol. The Morgan fingerprint density at radius 3 is 2.73 bits per heavy atom. The van der Waals surface area contributed by atoms with E-state index in [-0.39, 0.29) is 24.3 Å². The number of piperidine rings is 1. The fraction of sp³-hybridized carbons (Fsp3) is 0.500. The average molecular weight is 305 g/mol. The van der Waals surface area contributed by atoms with Crippen molar-refractivity contribution >= 4 is 17.5 Å². The van der Waals surface area contributed by atoms with E-state index in [0.717, 1.165) is 25.9 Å². The zero-order valence-corrected chi connectivity index (χ0v) is 13.1. The van der Waals surface area contributed by atoms with E-state index in [1.165, 1.54) is 4.90 Å². The van der Waals surface area contributed by atoms with Gasteiger partial charge in [-0.1, -0.05) is 6.07 Å². The maximum absolute atomic E-state index is 12.2. The number of benzene rings is 1. The highest BCUT2D eigenvalue weighted by Gasteiger charge is 2.20. The lowest BCUT2D eigenvalue weighted by Gasteiger charge is -2.21. The van der Waals surface area contributed by atoms with Crippen LogP contribution >= 0.6 is 0 Å². The molecule has 6 heteroatoms. The van der Waals surface area contributed by atoms with Crippen LogP contribution in [-0.4, -0.2) is 50.5 Å². The number of likely N-dealkylation sites (N-methyl/N-ethyl adjacent to an activating group) is 1. The van der Waals surface area contributed by atoms with Crippen LogP contribution in [0.15, 0.2) is 24.3 Å². The highest BCUT2D eigenvalue weighted by molar-refractivity contribution is 5.92. The molecule has 2 amide bonds. The Labute approximate surface area is 130 Å². The normalized spacial score (nSPS) is 15.2. The van der Waals surface area contributed by atoms with Crippen molar-refractivity contribution in [3.63, 3.8) is 0 Å². The van der Waals surface area contributed by atoms with Gasteiger partial charge in [-0.2, -0.15) is 0 Å². The Hall–Kier alpha value is -2.08. The van der Waals surface area contributed by atoms with Gasteiger partial charge in [-0.15, -0.1) is 0 Å². The fourth-order valence-corrected chi connectivity index (χ4v) is 2.27. The standard InChI is InChI=1S/C16H23N3O3/c1-19(2)15(20)11-22-14-5-3-4-13(10-14)18-16(21)12-6-8-17-9-7-12/h3-5,10,12,17H,6-9,11H2,1-2H3,(H,18,21). The van der Waals surface area contributed by atoms with E-state index < -0.39 is 0 Å². The van der Waals surface area contributed by atoms with E-state index in [0.29, 0.717) is 11.4 Å². The molecule has 1 aromatic rings. The Morgan fingerprint density at radius 1 is 1.32 bits per heavy atom. The molecule has 0 radical (unpaired) electrons. The molecule has 0 unspecified atom stereocenters. The van der Waals surface area contributed by atoms with Crippen LogP contribution in [0.1, 0.15) is 12.8 Å². The number of hydrogen-bond acceptors (Lipinski definition) is 4. The topological polar surface area (TPSA) is 70.7 Å². The molecule has 0 bridgehead atoms. The number of amides is 2. The lowest BCUT2D eigenvalue weighted by molar-refractivity contribution is -0.130. The summed E-state index contributed by atoms with van der Waals surface area (Å²) < 4.78 is 5.44. The molecule has 1 saturated heterocycles. The summed E-state index contributed by atoms with van der Waals surface area (Å²) in [5.74, 6) is 0.562. The number of hydrogen-bond donors (Lipinski definition) is 2. The van der Waals surface area contributed by atoms with Gasteiger partial charge in [0.25, 0.3) is 5.91 Å². The first-order chi connectivity index (χ1) is 10.6. The van der Waals surface area contributed by atoms with Gasteiger partial charge in [0.15, 0.2) is 6.61 Å². The number of ether oxygens (including phenoxy) is 1. The van der Waals surface area contributed by atoms with Gasteiger partial charge in [0.1, 0.15) is 5.75 Å². The van der Waals surface area contributed by atoms with Crippen molar-refractivity contribution in [2.75, 3.05) is 39.1 Å². The van der Waals surface area contributed by atoms with Gasteiger partial charge in [0.05, 0.1) is 0 Å². The maximum Gasteiger partial charge on any atom is 0.259 e. The monoisotopic (exact) mass is 305 g/mol. The first kappa shape index (κ1) is 16.3. The van der Waals surface area contributed by atoms with E-state index in [9.17, 15) is 9.59 Å². The van der Waals surface area contributed by atoms with Crippen molar-refractivity contribution in [3.8, 4) is 5.75 Å². The fourth-order valence-electron chi connectivity index (χ4n) is 2.27. The molecule has 2 N–H and O–H groups in total. The van der Waals surface area contributed by atoms with E-state index in [1.807, 2.05) is 6.07 Å². The summed E-state index contributed by atoms with van der Waals surface area (Å²) >= 11 is 0. The molecule has 1 aliphatic rings. The molecule has 1 aromatic carbocycles. The molecule has 0 atom stereocenters. The Kier molecular flexibility index (Phi) is 5.77. The minimum Gasteiger partial charge on any atom is -0.484 e. The van der Waals surface area contributed by atoms with Crippen LogP contribution < -0.4 is 15.4 Å². The number of rotatable bonds is 5. The smallest absolute Gasteiger partial charge is 0.259 e. The van der Waals surface area contributed by atoms with Crippen LogP contribution in [-0.2, 0) is 9.59 Å². The lowest BCUT2D eigenvalue weighted by Crippen LogP contribution is -2.34. The predicted octanol–water partition coefficient (Wildman–Crippen LogP) is 1.09. The highest BCUT2D eigenvalue weighted by atomic mass is 16.5. The van der Waals surface area contributed by atoms with Gasteiger partial charge in [0.2, 0.25) is 5.91 Å². The molecule has 22 heavy (non-hydrogen) atoms. The molecule has 0 aromatic heterocycles. The molecule has 0 saturated carbocycles. The van der Waals surface area contributed by atoms with Crippen molar-refractivity contribution in [2.24, 2.45) is 5.92 Å². The number of nitrogens with zero attached hydrogens (tertiary/aromatic N) is 1. The Morgan fingerprint density at radius 2 is 2.05 bits per heavy atom. The number of nitrogens with one attached hydrogen (secondary N) is 2. The molecule has 2 rings (SSSR count). The third-order valence-corrected chi connectivity index (χ3v) is 3.67. The zero-order chi connectivity index (χ0) is 15.9. The van der Waals surface area contributed by atoms with Crippen molar-refractivity contribution in [3.05, 3.63) is 24.3 Å². The lowest BCUT2D eigenvalue weighted by atomic mass is 9.97. The van der Waals surface area contributed by atoms with Gasteiger partial charge in [0, 0.05) is 31.8 Å². The van der Waals surface area contributed by atoms with Crippen molar-refractivity contribution in [1.29, 1.82) is 0 Å². The largest absolute Gasteiger partial charge is 0.484 e. The van der Waals surface area contributed by atoms with Gasteiger partial charge in [-0.25, -0.2) is 0 Å². The van der Waals surface area contributed by atoms with Crippen molar-refractivity contribution < 1.29 is 14.3 Å². The SMILES string of the molecule is CN(C)C(=O)COc1cccc(NC(=O)C2CCNCC2)c1. The number of anilines is 1. The van der Waals surface area contributed by atoms with Gasteiger partial charge >= 0.3 is 0 Å². The third kappa shape index (κ3) is 4.73. The molecule has 1 fully saturated rings. The van der Waals surface area contributed by atoms with Crippen molar-refractivity contribution in [1.82, 2.24) is 10.2 Å². The second kappa shape index (κ2) is 7.79. The maximum atomic E-state index is 12.2. The van der Waals surface area contributed by atoms with E-state index in [2.05, 4.69) is 10.6 Å². The summed E-state index contributed by atoms with van der Waals surface area (Å²) in [6.07, 6.45) is 1.72. The molecular formula is C16H23N3O3. The molecule has 1 heterocycles. The van der Waals surface area contributed by atoms with Crippen LogP contribution in [0.4, 0.5) is 5.69 Å². The minimum atomic E-state index is -0.107. The van der Waals surface area contributed by atoms with Crippen LogP contribution in [0.5, 0.6) is 5.75 Å². The Balaban J connectivity index is 1.90. The summed E-state index contributed by atoms with van der Waals surface area (Å²) in [6.45, 7) is 1.75. The first-order valence-electron chi connectivity index (χ1n) is 7.51. The highest BCUT2D eigenvalue weighted by Crippen LogP contribution is 2.20. The van der Waals surface area contributed by atoms with Gasteiger partial charge in [-0.05, 0) is 38.1 Å². The molecule has 0 spiro atoms. The summed E-state index contributed by atoms with van der Waals surface area (Å²) in [5, 5.41) is 6.16. The number of carbonyl (C=O) groups excluding carboxylic acids is 2. The van der Waals surface area contributed by atoms with Gasteiger partial charge < -0.3 is 20.3 Å². The number of carbonyl (C=O) groups is 2.